The highest BCUT2D eigenvalue weighted by Gasteiger charge is 2.30. The van der Waals surface area contributed by atoms with Crippen molar-refractivity contribution in [2.24, 2.45) is 5.92 Å². The monoisotopic (exact) mass is 416 g/mol. The maximum absolute atomic E-state index is 3.67. The summed E-state index contributed by atoms with van der Waals surface area (Å²) in [6, 6.07) is 7.29. The minimum atomic E-state index is 0.532. The van der Waals surface area contributed by atoms with Crippen LogP contribution in [0.5, 0.6) is 0 Å². The Morgan fingerprint density at radius 3 is 2.71 bits per heavy atom. The Bertz CT molecular complexity index is 434. The predicted octanol–water partition coefficient (Wildman–Crippen LogP) is 4.98. The third-order valence-electron chi connectivity index (χ3n) is 4.37. The van der Waals surface area contributed by atoms with E-state index in [9.17, 15) is 0 Å². The normalized spacial score (nSPS) is 24.0. The van der Waals surface area contributed by atoms with E-state index >= 15 is 0 Å². The van der Waals surface area contributed by atoms with Gasteiger partial charge in [-0.1, -0.05) is 19.4 Å². The number of hydrogen-bond acceptors (Lipinski definition) is 2. The van der Waals surface area contributed by atoms with Gasteiger partial charge in [-0.3, -0.25) is 4.90 Å². The number of likely N-dealkylation sites (tertiary alicyclic amines) is 1. The number of halogens is 2. The zero-order valence-corrected chi connectivity index (χ0v) is 16.2. The lowest BCUT2D eigenvalue weighted by Crippen LogP contribution is -2.36. The molecule has 2 unspecified atom stereocenters. The fraction of sp³-hybridized carbons (Fsp3) is 0.647. The number of hydrogen-bond donors (Lipinski definition) is 1. The fourth-order valence-electron chi connectivity index (χ4n) is 3.51. The van der Waals surface area contributed by atoms with Crippen LogP contribution in [0.3, 0.4) is 0 Å². The van der Waals surface area contributed by atoms with Crippen LogP contribution in [-0.4, -0.2) is 31.6 Å². The lowest BCUT2D eigenvalue weighted by Gasteiger charge is -2.35. The smallest absolute Gasteiger partial charge is 0.0388 e. The average Bonchev–Trinajstić information content (AvgIpc) is 2.66. The largest absolute Gasteiger partial charge is 0.319 e. The van der Waals surface area contributed by atoms with Crippen LogP contribution in [0.2, 0.25) is 0 Å². The first kappa shape index (κ1) is 17.5. The average molecular weight is 418 g/mol. The molecule has 0 aromatic heterocycles. The molecule has 1 aromatic rings. The van der Waals surface area contributed by atoms with Crippen LogP contribution in [0.25, 0.3) is 0 Å². The first-order valence-electron chi connectivity index (χ1n) is 8.01. The quantitative estimate of drug-likeness (QED) is 0.726. The second kappa shape index (κ2) is 8.66. The molecule has 0 amide bonds. The molecule has 0 bridgehead atoms. The summed E-state index contributed by atoms with van der Waals surface area (Å²) in [5, 5.41) is 3.41. The summed E-state index contributed by atoms with van der Waals surface area (Å²) < 4.78 is 2.29. The molecule has 1 fully saturated rings. The first-order chi connectivity index (χ1) is 10.2. The third-order valence-corrected chi connectivity index (χ3v) is 6.25. The van der Waals surface area contributed by atoms with Gasteiger partial charge in [0.05, 0.1) is 0 Å². The topological polar surface area (TPSA) is 15.3 Å². The molecule has 1 aliphatic rings. The van der Waals surface area contributed by atoms with Crippen LogP contribution in [0.1, 0.15) is 44.2 Å². The van der Waals surface area contributed by atoms with Gasteiger partial charge in [0.15, 0.2) is 0 Å². The summed E-state index contributed by atoms with van der Waals surface area (Å²) in [7, 11) is 2.07. The van der Waals surface area contributed by atoms with Crippen LogP contribution in [0.4, 0.5) is 0 Å². The second-order valence-electron chi connectivity index (χ2n) is 5.97. The van der Waals surface area contributed by atoms with Gasteiger partial charge in [0.2, 0.25) is 0 Å². The van der Waals surface area contributed by atoms with Gasteiger partial charge in [-0.15, -0.1) is 0 Å². The van der Waals surface area contributed by atoms with Crippen molar-refractivity contribution >= 4 is 31.9 Å². The predicted molar refractivity (Wildman–Crippen MR) is 97.7 cm³/mol. The molecule has 21 heavy (non-hydrogen) atoms. The highest BCUT2D eigenvalue weighted by atomic mass is 79.9. The van der Waals surface area contributed by atoms with E-state index in [1.165, 1.54) is 44.3 Å². The van der Waals surface area contributed by atoms with Gasteiger partial charge in [0, 0.05) is 15.0 Å². The molecule has 1 aromatic carbocycles. The van der Waals surface area contributed by atoms with Crippen LogP contribution in [0.15, 0.2) is 27.1 Å². The van der Waals surface area contributed by atoms with Gasteiger partial charge in [-0.2, -0.15) is 0 Å². The first-order valence-corrected chi connectivity index (χ1v) is 9.59. The Morgan fingerprint density at radius 1 is 1.24 bits per heavy atom. The van der Waals surface area contributed by atoms with E-state index < -0.39 is 0 Å². The molecule has 1 aliphatic heterocycles. The van der Waals surface area contributed by atoms with Crippen LogP contribution in [0, 0.1) is 5.92 Å². The highest BCUT2D eigenvalue weighted by Crippen LogP contribution is 2.37. The highest BCUT2D eigenvalue weighted by molar-refractivity contribution is 9.13. The summed E-state index contributed by atoms with van der Waals surface area (Å²) in [5.74, 6) is 0.692. The number of nitrogens with zero attached hydrogens (tertiary/aromatic N) is 1. The fourth-order valence-corrected chi connectivity index (χ4v) is 4.15. The van der Waals surface area contributed by atoms with E-state index in [0.29, 0.717) is 12.0 Å². The summed E-state index contributed by atoms with van der Waals surface area (Å²) >= 11 is 7.26. The minimum Gasteiger partial charge on any atom is -0.319 e. The number of rotatable bonds is 5. The molecule has 1 N–H and O–H groups in total. The van der Waals surface area contributed by atoms with Gasteiger partial charge < -0.3 is 5.32 Å². The molecule has 118 valence electrons. The molecule has 2 nitrogen and oxygen atoms in total. The SMILES string of the molecule is CCCN1CCCCC(CNC)C1c1ccc(Br)c(Br)c1. The molecule has 0 saturated carbocycles. The van der Waals surface area contributed by atoms with Crippen molar-refractivity contribution in [3.05, 3.63) is 32.7 Å². The molecule has 2 rings (SSSR count). The van der Waals surface area contributed by atoms with Crippen molar-refractivity contribution < 1.29 is 0 Å². The van der Waals surface area contributed by atoms with E-state index in [2.05, 4.69) is 74.2 Å². The van der Waals surface area contributed by atoms with Crippen molar-refractivity contribution in [2.45, 2.75) is 38.6 Å². The molecule has 0 aliphatic carbocycles. The maximum Gasteiger partial charge on any atom is 0.0388 e. The van der Waals surface area contributed by atoms with E-state index in [1.54, 1.807) is 0 Å². The zero-order valence-electron chi connectivity index (χ0n) is 13.0. The Kier molecular flexibility index (Phi) is 7.20. The van der Waals surface area contributed by atoms with Gasteiger partial charge >= 0.3 is 0 Å². The Morgan fingerprint density at radius 2 is 2.05 bits per heavy atom. The molecule has 1 saturated heterocycles. The zero-order chi connectivity index (χ0) is 15.2. The van der Waals surface area contributed by atoms with Crippen LogP contribution >= 0.6 is 31.9 Å². The molecule has 4 heteroatoms. The Balaban J connectivity index is 2.34. The second-order valence-corrected chi connectivity index (χ2v) is 7.68. The van der Waals surface area contributed by atoms with Gasteiger partial charge in [0.25, 0.3) is 0 Å². The van der Waals surface area contributed by atoms with Crippen molar-refractivity contribution in [1.29, 1.82) is 0 Å². The Hall–Kier alpha value is 0.1000. The summed E-state index contributed by atoms with van der Waals surface area (Å²) in [5.41, 5.74) is 1.45. The van der Waals surface area contributed by atoms with Gasteiger partial charge in [-0.25, -0.2) is 0 Å². The molecular formula is C17H26Br2N2. The number of nitrogens with one attached hydrogen (secondary N) is 1. The van der Waals surface area contributed by atoms with Gasteiger partial charge in [-0.05, 0) is 101 Å². The third kappa shape index (κ3) is 4.54. The van der Waals surface area contributed by atoms with Crippen molar-refractivity contribution in [2.75, 3.05) is 26.7 Å². The summed E-state index contributed by atoms with van der Waals surface area (Å²) in [6.45, 7) is 5.80. The number of benzene rings is 1. The lowest BCUT2D eigenvalue weighted by molar-refractivity contribution is 0.154. The lowest BCUT2D eigenvalue weighted by atomic mass is 9.89. The van der Waals surface area contributed by atoms with Gasteiger partial charge in [0.1, 0.15) is 0 Å². The molecule has 0 spiro atoms. The van der Waals surface area contributed by atoms with Crippen molar-refractivity contribution in [3.63, 3.8) is 0 Å². The van der Waals surface area contributed by atoms with Crippen LogP contribution in [-0.2, 0) is 0 Å². The van der Waals surface area contributed by atoms with E-state index in [1.807, 2.05) is 0 Å². The van der Waals surface area contributed by atoms with E-state index in [0.717, 1.165) is 15.5 Å². The van der Waals surface area contributed by atoms with E-state index in [4.69, 9.17) is 0 Å². The molecule has 1 heterocycles. The van der Waals surface area contributed by atoms with Crippen molar-refractivity contribution in [1.82, 2.24) is 10.2 Å². The maximum atomic E-state index is 3.67. The minimum absolute atomic E-state index is 0.532. The Labute approximate surface area is 145 Å². The summed E-state index contributed by atoms with van der Waals surface area (Å²) in [6.07, 6.45) is 5.22. The standard InChI is InChI=1S/C17H26Br2N2/c1-3-9-21-10-5-4-6-14(12-20-2)17(21)13-7-8-15(18)16(19)11-13/h7-8,11,14,17,20H,3-6,9-10,12H2,1-2H3. The van der Waals surface area contributed by atoms with Crippen LogP contribution < -0.4 is 5.32 Å². The molecular weight excluding hydrogens is 392 g/mol. The van der Waals surface area contributed by atoms with E-state index in [-0.39, 0.29) is 0 Å². The summed E-state index contributed by atoms with van der Waals surface area (Å²) in [4.78, 5) is 2.70. The molecule has 0 radical (unpaired) electrons. The van der Waals surface area contributed by atoms with Crippen molar-refractivity contribution in [3.8, 4) is 0 Å². The molecule has 2 atom stereocenters.